The van der Waals surface area contributed by atoms with Gasteiger partial charge in [-0.05, 0) is 37.0 Å². The molecule has 1 saturated carbocycles. The summed E-state index contributed by atoms with van der Waals surface area (Å²) in [5.41, 5.74) is 6.69. The molecule has 1 aliphatic carbocycles. The minimum atomic E-state index is -3.73. The first-order valence-corrected chi connectivity index (χ1v) is 7.67. The van der Waals surface area contributed by atoms with Crippen LogP contribution in [-0.4, -0.2) is 15.0 Å². The van der Waals surface area contributed by atoms with Crippen LogP contribution in [0.5, 0.6) is 0 Å². The van der Waals surface area contributed by atoms with Crippen molar-refractivity contribution >= 4 is 21.4 Å². The third-order valence-electron chi connectivity index (χ3n) is 3.13. The Kier molecular flexibility index (Phi) is 3.77. The third-order valence-corrected chi connectivity index (χ3v) is 4.12. The number of rotatable bonds is 6. The highest BCUT2D eigenvalue weighted by Gasteiger charge is 2.19. The van der Waals surface area contributed by atoms with Crippen LogP contribution >= 0.6 is 0 Å². The van der Waals surface area contributed by atoms with Crippen LogP contribution < -0.4 is 16.2 Å². The molecule has 0 radical (unpaired) electrons. The SMILES string of the molecule is Nc1cc(NCCCC2CC2)ccc1S(N)(=O)=O. The standard InChI is InChI=1S/C12H19N3O2S/c13-11-8-10(5-6-12(11)18(14,16)17)15-7-1-2-9-3-4-9/h5-6,8-9,15H,1-4,7,13H2,(H2,14,16,17). The van der Waals surface area contributed by atoms with Crippen molar-refractivity contribution in [2.45, 2.75) is 30.6 Å². The second-order valence-electron chi connectivity index (χ2n) is 4.81. The lowest BCUT2D eigenvalue weighted by molar-refractivity contribution is 0.598. The highest BCUT2D eigenvalue weighted by Crippen LogP contribution is 2.33. The summed E-state index contributed by atoms with van der Waals surface area (Å²) in [4.78, 5) is -0.0222. The molecular formula is C12H19N3O2S. The van der Waals surface area contributed by atoms with E-state index >= 15 is 0 Å². The zero-order chi connectivity index (χ0) is 13.2. The van der Waals surface area contributed by atoms with Gasteiger partial charge in [0.25, 0.3) is 0 Å². The van der Waals surface area contributed by atoms with E-state index in [0.717, 1.165) is 24.6 Å². The van der Waals surface area contributed by atoms with Crippen molar-refractivity contribution in [3.8, 4) is 0 Å². The molecule has 18 heavy (non-hydrogen) atoms. The molecule has 100 valence electrons. The van der Waals surface area contributed by atoms with Crippen molar-refractivity contribution in [2.24, 2.45) is 11.1 Å². The lowest BCUT2D eigenvalue weighted by Gasteiger charge is -2.09. The van der Waals surface area contributed by atoms with Crippen LogP contribution in [0, 0.1) is 5.92 Å². The monoisotopic (exact) mass is 269 g/mol. The molecule has 1 aromatic rings. The van der Waals surface area contributed by atoms with Gasteiger partial charge in [0.1, 0.15) is 4.90 Å². The number of hydrogen-bond acceptors (Lipinski definition) is 4. The van der Waals surface area contributed by atoms with Crippen molar-refractivity contribution in [1.29, 1.82) is 0 Å². The van der Waals surface area contributed by atoms with Crippen LogP contribution in [0.2, 0.25) is 0 Å². The number of hydrogen-bond donors (Lipinski definition) is 3. The van der Waals surface area contributed by atoms with E-state index in [1.165, 1.54) is 25.3 Å². The topological polar surface area (TPSA) is 98.2 Å². The van der Waals surface area contributed by atoms with Gasteiger partial charge in [-0.1, -0.05) is 12.8 Å². The van der Waals surface area contributed by atoms with Crippen molar-refractivity contribution in [2.75, 3.05) is 17.6 Å². The van der Waals surface area contributed by atoms with E-state index in [-0.39, 0.29) is 10.6 Å². The number of nitrogens with two attached hydrogens (primary N) is 2. The Balaban J connectivity index is 1.91. The summed E-state index contributed by atoms with van der Waals surface area (Å²) in [6.45, 7) is 0.880. The normalized spacial score (nSPS) is 15.6. The molecule has 1 aliphatic rings. The van der Waals surface area contributed by atoms with E-state index in [9.17, 15) is 8.42 Å². The van der Waals surface area contributed by atoms with Crippen molar-refractivity contribution in [3.05, 3.63) is 18.2 Å². The smallest absolute Gasteiger partial charge is 0.240 e. The lowest BCUT2D eigenvalue weighted by Crippen LogP contribution is -2.14. The fourth-order valence-electron chi connectivity index (χ4n) is 1.95. The molecule has 1 fully saturated rings. The first-order chi connectivity index (χ1) is 8.47. The van der Waals surface area contributed by atoms with Gasteiger partial charge in [0.05, 0.1) is 5.69 Å². The highest BCUT2D eigenvalue weighted by atomic mass is 32.2. The highest BCUT2D eigenvalue weighted by molar-refractivity contribution is 7.89. The Morgan fingerprint density at radius 2 is 2.06 bits per heavy atom. The molecule has 5 N–H and O–H groups in total. The van der Waals surface area contributed by atoms with Crippen LogP contribution in [0.3, 0.4) is 0 Å². The van der Waals surface area contributed by atoms with Crippen LogP contribution in [0.1, 0.15) is 25.7 Å². The fraction of sp³-hybridized carbons (Fsp3) is 0.500. The molecule has 0 saturated heterocycles. The maximum atomic E-state index is 11.2. The molecule has 0 aliphatic heterocycles. The van der Waals surface area contributed by atoms with E-state index in [2.05, 4.69) is 5.32 Å². The molecule has 0 atom stereocenters. The first kappa shape index (κ1) is 13.2. The second-order valence-corrected chi connectivity index (χ2v) is 6.34. The molecule has 1 aromatic carbocycles. The molecule has 5 nitrogen and oxygen atoms in total. The maximum absolute atomic E-state index is 11.2. The summed E-state index contributed by atoms with van der Waals surface area (Å²) < 4.78 is 22.4. The Morgan fingerprint density at radius 1 is 1.33 bits per heavy atom. The summed E-state index contributed by atoms with van der Waals surface area (Å²) in [6, 6.07) is 4.73. The van der Waals surface area contributed by atoms with E-state index < -0.39 is 10.0 Å². The quantitative estimate of drug-likeness (QED) is 0.538. The molecule has 0 aromatic heterocycles. The van der Waals surface area contributed by atoms with Gasteiger partial charge < -0.3 is 11.1 Å². The Morgan fingerprint density at radius 3 is 2.61 bits per heavy atom. The minimum Gasteiger partial charge on any atom is -0.398 e. The van der Waals surface area contributed by atoms with Crippen molar-refractivity contribution in [3.63, 3.8) is 0 Å². The number of anilines is 2. The number of primary sulfonamides is 1. The average Bonchev–Trinajstić information content (AvgIpc) is 3.06. The summed E-state index contributed by atoms with van der Waals surface area (Å²) in [7, 11) is -3.73. The summed E-state index contributed by atoms with van der Waals surface area (Å²) in [5, 5.41) is 8.27. The fourth-order valence-corrected chi connectivity index (χ4v) is 2.59. The van der Waals surface area contributed by atoms with E-state index in [0.29, 0.717) is 0 Å². The number of nitrogens with one attached hydrogen (secondary N) is 1. The molecule has 0 amide bonds. The molecule has 0 unspecified atom stereocenters. The summed E-state index contributed by atoms with van der Waals surface area (Å²) >= 11 is 0. The van der Waals surface area contributed by atoms with Gasteiger partial charge in [-0.25, -0.2) is 13.6 Å². The maximum Gasteiger partial charge on any atom is 0.240 e. The van der Waals surface area contributed by atoms with Gasteiger partial charge in [0.2, 0.25) is 10.0 Å². The molecule has 0 heterocycles. The zero-order valence-electron chi connectivity index (χ0n) is 10.2. The van der Waals surface area contributed by atoms with E-state index in [1.807, 2.05) is 0 Å². The summed E-state index contributed by atoms with van der Waals surface area (Å²) in [6.07, 6.45) is 5.13. The van der Waals surface area contributed by atoms with Gasteiger partial charge in [-0.15, -0.1) is 0 Å². The predicted molar refractivity (Wildman–Crippen MR) is 72.7 cm³/mol. The molecule has 2 rings (SSSR count). The predicted octanol–water partition coefficient (Wildman–Crippen LogP) is 1.52. The van der Waals surface area contributed by atoms with Crippen LogP contribution in [0.25, 0.3) is 0 Å². The van der Waals surface area contributed by atoms with Gasteiger partial charge >= 0.3 is 0 Å². The molecule has 0 bridgehead atoms. The van der Waals surface area contributed by atoms with Gasteiger partial charge in [0, 0.05) is 12.2 Å². The van der Waals surface area contributed by atoms with Gasteiger partial charge in [-0.2, -0.15) is 0 Å². The number of nitrogen functional groups attached to an aromatic ring is 1. The largest absolute Gasteiger partial charge is 0.398 e. The molecule has 0 spiro atoms. The van der Waals surface area contributed by atoms with Crippen LogP contribution in [-0.2, 0) is 10.0 Å². The van der Waals surface area contributed by atoms with Gasteiger partial charge in [0.15, 0.2) is 0 Å². The van der Waals surface area contributed by atoms with E-state index in [4.69, 9.17) is 10.9 Å². The third kappa shape index (κ3) is 3.61. The number of benzene rings is 1. The number of sulfonamides is 1. The first-order valence-electron chi connectivity index (χ1n) is 6.13. The summed E-state index contributed by atoms with van der Waals surface area (Å²) in [5.74, 6) is 0.932. The minimum absolute atomic E-state index is 0.0222. The Bertz CT molecular complexity index is 524. The lowest BCUT2D eigenvalue weighted by atomic mass is 10.2. The van der Waals surface area contributed by atoms with Crippen molar-refractivity contribution < 1.29 is 8.42 Å². The second kappa shape index (κ2) is 5.16. The van der Waals surface area contributed by atoms with Crippen LogP contribution in [0.15, 0.2) is 23.1 Å². The Hall–Kier alpha value is -1.27. The average molecular weight is 269 g/mol. The van der Waals surface area contributed by atoms with E-state index in [1.54, 1.807) is 12.1 Å². The molecule has 6 heteroatoms. The van der Waals surface area contributed by atoms with Crippen molar-refractivity contribution in [1.82, 2.24) is 0 Å². The van der Waals surface area contributed by atoms with Gasteiger partial charge in [-0.3, -0.25) is 0 Å². The van der Waals surface area contributed by atoms with Crippen LogP contribution in [0.4, 0.5) is 11.4 Å². The zero-order valence-corrected chi connectivity index (χ0v) is 11.0. The molecular weight excluding hydrogens is 250 g/mol. The Labute approximate surface area is 108 Å².